The number of amides is 1. The molecule has 1 aliphatic heterocycles. The Labute approximate surface area is 56.9 Å². The molecule has 2 atom stereocenters. The lowest BCUT2D eigenvalue weighted by Crippen LogP contribution is -2.15. The predicted octanol–water partition coefficient (Wildman–Crippen LogP) is -0.178. The molecule has 5 heteroatoms. The van der Waals surface area contributed by atoms with E-state index < -0.39 is 18.1 Å². The van der Waals surface area contributed by atoms with Gasteiger partial charge in [-0.15, -0.1) is 0 Å². The third-order valence-electron chi connectivity index (χ3n) is 1.58. The maximum Gasteiger partial charge on any atom is 0.408 e. The van der Waals surface area contributed by atoms with Gasteiger partial charge >= 0.3 is 12.1 Å². The van der Waals surface area contributed by atoms with Gasteiger partial charge in [-0.1, -0.05) is 0 Å². The van der Waals surface area contributed by atoms with Crippen molar-refractivity contribution in [2.45, 2.75) is 19.0 Å². The van der Waals surface area contributed by atoms with E-state index in [1.807, 2.05) is 0 Å². The van der Waals surface area contributed by atoms with Crippen LogP contribution in [0.5, 0.6) is 0 Å². The van der Waals surface area contributed by atoms with Crippen LogP contribution >= 0.6 is 0 Å². The van der Waals surface area contributed by atoms with E-state index in [1.54, 1.807) is 6.92 Å². The fourth-order valence-corrected chi connectivity index (χ4v) is 0.967. The zero-order valence-electron chi connectivity index (χ0n) is 5.31. The van der Waals surface area contributed by atoms with E-state index >= 15 is 0 Å². The number of carboxylic acids is 1. The van der Waals surface area contributed by atoms with Crippen LogP contribution < -0.4 is 0 Å². The number of rotatable bonds is 1. The van der Waals surface area contributed by atoms with Gasteiger partial charge in [0.1, 0.15) is 0 Å². The van der Waals surface area contributed by atoms with Gasteiger partial charge < -0.3 is 10.2 Å². The van der Waals surface area contributed by atoms with Crippen molar-refractivity contribution in [2.24, 2.45) is 0 Å². The SMILES string of the molecule is C[C@H]1[C@H](C(=O)O)N1C(=O)O. The summed E-state index contributed by atoms with van der Waals surface area (Å²) < 4.78 is 0. The Balaban J connectivity index is 2.57. The Kier molecular flexibility index (Phi) is 1.28. The van der Waals surface area contributed by atoms with Crippen molar-refractivity contribution in [3.05, 3.63) is 0 Å². The van der Waals surface area contributed by atoms with Gasteiger partial charge in [0.15, 0.2) is 6.04 Å². The van der Waals surface area contributed by atoms with Gasteiger partial charge in [0, 0.05) is 0 Å². The van der Waals surface area contributed by atoms with Crippen molar-refractivity contribution >= 4 is 12.1 Å². The predicted molar refractivity (Wildman–Crippen MR) is 30.7 cm³/mol. The molecule has 0 aliphatic carbocycles. The minimum Gasteiger partial charge on any atom is -0.480 e. The van der Waals surface area contributed by atoms with E-state index in [2.05, 4.69) is 0 Å². The lowest BCUT2D eigenvalue weighted by molar-refractivity contribution is -0.137. The number of hydrogen-bond donors (Lipinski definition) is 2. The smallest absolute Gasteiger partial charge is 0.408 e. The van der Waals surface area contributed by atoms with Gasteiger partial charge in [0.05, 0.1) is 6.04 Å². The molecule has 10 heavy (non-hydrogen) atoms. The van der Waals surface area contributed by atoms with E-state index in [-0.39, 0.29) is 6.04 Å². The second kappa shape index (κ2) is 1.86. The number of aliphatic carboxylic acids is 1. The molecule has 1 rings (SSSR count). The molecule has 1 amide bonds. The quantitative estimate of drug-likeness (QED) is 0.502. The summed E-state index contributed by atoms with van der Waals surface area (Å²) in [5.41, 5.74) is 0. The van der Waals surface area contributed by atoms with Gasteiger partial charge in [-0.2, -0.15) is 0 Å². The highest BCUT2D eigenvalue weighted by Gasteiger charge is 2.53. The van der Waals surface area contributed by atoms with Crippen LogP contribution in [0.4, 0.5) is 4.79 Å². The molecule has 1 aliphatic rings. The Bertz CT molecular complexity index is 170. The second-order valence-corrected chi connectivity index (χ2v) is 2.21. The first kappa shape index (κ1) is 6.85. The van der Waals surface area contributed by atoms with Gasteiger partial charge in [-0.05, 0) is 6.92 Å². The summed E-state index contributed by atoms with van der Waals surface area (Å²) in [6.45, 7) is 1.56. The molecule has 56 valence electrons. The maximum absolute atomic E-state index is 10.2. The highest BCUT2D eigenvalue weighted by atomic mass is 16.4. The van der Waals surface area contributed by atoms with Crippen molar-refractivity contribution < 1.29 is 19.8 Å². The van der Waals surface area contributed by atoms with E-state index in [0.29, 0.717) is 0 Å². The fraction of sp³-hybridized carbons (Fsp3) is 0.600. The number of carbonyl (C=O) groups is 2. The second-order valence-electron chi connectivity index (χ2n) is 2.21. The van der Waals surface area contributed by atoms with Crippen LogP contribution in [-0.4, -0.2) is 39.3 Å². The minimum atomic E-state index is -1.17. The van der Waals surface area contributed by atoms with Gasteiger partial charge in [0.25, 0.3) is 0 Å². The van der Waals surface area contributed by atoms with E-state index in [1.165, 1.54) is 0 Å². The molecule has 0 aromatic carbocycles. The van der Waals surface area contributed by atoms with E-state index in [4.69, 9.17) is 10.2 Å². The summed E-state index contributed by atoms with van der Waals surface area (Å²) in [6.07, 6.45) is -1.17. The van der Waals surface area contributed by atoms with Crippen LogP contribution in [0, 0.1) is 0 Å². The lowest BCUT2D eigenvalue weighted by Gasteiger charge is -1.91. The van der Waals surface area contributed by atoms with Gasteiger partial charge in [-0.3, -0.25) is 4.90 Å². The van der Waals surface area contributed by atoms with E-state index in [0.717, 1.165) is 4.90 Å². The molecule has 0 saturated carbocycles. The summed E-state index contributed by atoms with van der Waals surface area (Å²) in [5.74, 6) is -1.07. The molecule has 1 heterocycles. The van der Waals surface area contributed by atoms with Crippen LogP contribution in [0.15, 0.2) is 0 Å². The Morgan fingerprint density at radius 1 is 1.40 bits per heavy atom. The normalized spacial score (nSPS) is 29.9. The van der Waals surface area contributed by atoms with Crippen molar-refractivity contribution in [2.75, 3.05) is 0 Å². The molecular weight excluding hydrogens is 138 g/mol. The summed E-state index contributed by atoms with van der Waals surface area (Å²) in [7, 11) is 0. The highest BCUT2D eigenvalue weighted by Crippen LogP contribution is 2.27. The third kappa shape index (κ3) is 0.792. The van der Waals surface area contributed by atoms with Crippen molar-refractivity contribution in [1.82, 2.24) is 4.90 Å². The maximum atomic E-state index is 10.2. The summed E-state index contributed by atoms with van der Waals surface area (Å²) >= 11 is 0. The van der Waals surface area contributed by atoms with E-state index in [9.17, 15) is 9.59 Å². The fourth-order valence-electron chi connectivity index (χ4n) is 0.967. The van der Waals surface area contributed by atoms with Crippen molar-refractivity contribution in [1.29, 1.82) is 0 Å². The molecular formula is C5H7NO4. The van der Waals surface area contributed by atoms with Crippen LogP contribution in [0.25, 0.3) is 0 Å². The molecule has 1 fully saturated rings. The summed E-state index contributed by atoms with van der Waals surface area (Å²) in [4.78, 5) is 21.2. The van der Waals surface area contributed by atoms with Crippen molar-refractivity contribution in [3.8, 4) is 0 Å². The molecule has 0 bridgehead atoms. The molecule has 5 nitrogen and oxygen atoms in total. The molecule has 2 N–H and O–H groups in total. The topological polar surface area (TPSA) is 77.6 Å². The molecule has 0 spiro atoms. The van der Waals surface area contributed by atoms with Crippen LogP contribution in [0.2, 0.25) is 0 Å². The molecule has 0 aromatic heterocycles. The third-order valence-corrected chi connectivity index (χ3v) is 1.58. The number of carboxylic acid groups (broad SMARTS) is 2. The monoisotopic (exact) mass is 145 g/mol. The largest absolute Gasteiger partial charge is 0.480 e. The van der Waals surface area contributed by atoms with Crippen LogP contribution in [0.1, 0.15) is 6.92 Å². The molecule has 1 saturated heterocycles. The van der Waals surface area contributed by atoms with Gasteiger partial charge in [-0.25, -0.2) is 9.59 Å². The number of nitrogens with zero attached hydrogens (tertiary/aromatic N) is 1. The zero-order chi connectivity index (χ0) is 7.89. The zero-order valence-corrected chi connectivity index (χ0v) is 5.31. The van der Waals surface area contributed by atoms with Crippen LogP contribution in [0.3, 0.4) is 0 Å². The standard InChI is InChI=1S/C5H7NO4/c1-2-3(4(7)8)6(2)5(9)10/h2-3H,1H3,(H,7,8)(H,9,10)/t2-,3+,6?/m0/s1. The lowest BCUT2D eigenvalue weighted by atomic mass is 10.4. The van der Waals surface area contributed by atoms with Crippen molar-refractivity contribution in [3.63, 3.8) is 0 Å². The summed E-state index contributed by atoms with van der Waals surface area (Å²) in [5, 5.41) is 16.6. The number of hydrogen-bond acceptors (Lipinski definition) is 2. The molecule has 0 unspecified atom stereocenters. The minimum absolute atomic E-state index is 0.366. The summed E-state index contributed by atoms with van der Waals surface area (Å²) in [6, 6.07) is -1.19. The first-order valence-electron chi connectivity index (χ1n) is 2.79. The molecule has 0 radical (unpaired) electrons. The highest BCUT2D eigenvalue weighted by molar-refractivity contribution is 5.86. The molecule has 0 aromatic rings. The first-order valence-corrected chi connectivity index (χ1v) is 2.79. The Morgan fingerprint density at radius 3 is 2.00 bits per heavy atom. The Morgan fingerprint density at radius 2 is 1.90 bits per heavy atom. The average molecular weight is 145 g/mol. The van der Waals surface area contributed by atoms with Gasteiger partial charge in [0.2, 0.25) is 0 Å². The average Bonchev–Trinajstić information content (AvgIpc) is 2.40. The first-order chi connectivity index (χ1) is 4.55. The Hall–Kier alpha value is -1.26. The van der Waals surface area contributed by atoms with Crippen LogP contribution in [-0.2, 0) is 4.79 Å².